The molecule has 198 valence electrons. The molecule has 0 fully saturated rings. The minimum Gasteiger partial charge on any atom is -0.0623 e. The van der Waals surface area contributed by atoms with Crippen molar-refractivity contribution in [2.75, 3.05) is 0 Å². The smallest absolute Gasteiger partial charge is 0.0623 e. The van der Waals surface area contributed by atoms with Crippen molar-refractivity contribution in [3.05, 3.63) is 168 Å². The summed E-state index contributed by atoms with van der Waals surface area (Å²) < 4.78 is 0. The van der Waals surface area contributed by atoms with Gasteiger partial charge in [0.1, 0.15) is 0 Å². The van der Waals surface area contributed by atoms with Crippen LogP contribution in [0.3, 0.4) is 0 Å². The van der Waals surface area contributed by atoms with Gasteiger partial charge in [-0.1, -0.05) is 171 Å². The summed E-state index contributed by atoms with van der Waals surface area (Å²) in [5, 5.41) is 5.71. The van der Waals surface area contributed by atoms with Crippen LogP contribution in [-0.2, 0) is 5.41 Å². The van der Waals surface area contributed by atoms with Crippen LogP contribution in [0, 0.1) is 6.92 Å². The van der Waals surface area contributed by atoms with Crippen LogP contribution >= 0.6 is 0 Å². The Morgan fingerprint density at radius 1 is 0.415 bits per heavy atom. The van der Waals surface area contributed by atoms with Crippen LogP contribution in [0.15, 0.2) is 152 Å². The minimum absolute atomic E-state index is 0.234. The first-order valence-corrected chi connectivity index (χ1v) is 16.5. The van der Waals surface area contributed by atoms with Crippen molar-refractivity contribution in [3.8, 4) is 22.3 Å². The van der Waals surface area contributed by atoms with E-state index < -0.39 is 8.07 Å². The summed E-state index contributed by atoms with van der Waals surface area (Å²) in [7, 11) is -2.81. The zero-order valence-electron chi connectivity index (χ0n) is 23.9. The van der Waals surface area contributed by atoms with Gasteiger partial charge in [0, 0.05) is 5.41 Å². The second-order valence-corrected chi connectivity index (χ2v) is 15.5. The number of rotatable bonds is 2. The third-order valence-electron chi connectivity index (χ3n) is 9.10. The fourth-order valence-electron chi connectivity index (χ4n) is 7.23. The lowest BCUT2D eigenvalue weighted by Crippen LogP contribution is -2.76. The molecule has 0 unspecified atom stereocenters. The number of fused-ring (bicyclic) bond motifs is 6. The standard InChI is InChI=1S/C40H34Si/c1-29-26-27-32-34-21-11-14-24-38(34)41(30-16-6-4-7-17-30,31-18-8-5-9-19-31)39-25-15-13-23-37(39)40(2,3)36-22-12-10-20-33(36)35(32)28-29/h4-28H,1-3H3. The zero-order valence-corrected chi connectivity index (χ0v) is 24.9. The first kappa shape index (κ1) is 25.5. The van der Waals surface area contributed by atoms with Gasteiger partial charge < -0.3 is 0 Å². The van der Waals surface area contributed by atoms with E-state index in [1.807, 2.05) is 0 Å². The molecule has 0 aromatic heterocycles. The Morgan fingerprint density at radius 3 is 1.59 bits per heavy atom. The Labute approximate surface area is 245 Å². The molecule has 0 N–H and O–H groups in total. The molecule has 1 heteroatoms. The van der Waals surface area contributed by atoms with E-state index in [9.17, 15) is 0 Å². The fourth-order valence-corrected chi connectivity index (χ4v) is 12.6. The van der Waals surface area contributed by atoms with Crippen LogP contribution < -0.4 is 20.7 Å². The highest BCUT2D eigenvalue weighted by Gasteiger charge is 2.47. The van der Waals surface area contributed by atoms with Crippen LogP contribution in [0.2, 0.25) is 0 Å². The summed E-state index contributed by atoms with van der Waals surface area (Å²) in [5.74, 6) is 0. The predicted octanol–water partition coefficient (Wildman–Crippen LogP) is 7.35. The second kappa shape index (κ2) is 9.87. The maximum atomic E-state index is 2.43. The molecule has 41 heavy (non-hydrogen) atoms. The summed E-state index contributed by atoms with van der Waals surface area (Å²) in [4.78, 5) is 0. The van der Waals surface area contributed by atoms with Gasteiger partial charge in [0.05, 0.1) is 0 Å². The van der Waals surface area contributed by atoms with E-state index in [4.69, 9.17) is 0 Å². The molecule has 0 nitrogen and oxygen atoms in total. The molecule has 0 amide bonds. The highest BCUT2D eigenvalue weighted by molar-refractivity contribution is 7.20. The van der Waals surface area contributed by atoms with Gasteiger partial charge >= 0.3 is 0 Å². The molecule has 0 spiro atoms. The molecule has 0 bridgehead atoms. The van der Waals surface area contributed by atoms with E-state index in [2.05, 4.69) is 172 Å². The van der Waals surface area contributed by atoms with Crippen molar-refractivity contribution in [2.45, 2.75) is 26.2 Å². The predicted molar refractivity (Wildman–Crippen MR) is 178 cm³/mol. The molecule has 0 atom stereocenters. The summed E-state index contributed by atoms with van der Waals surface area (Å²) >= 11 is 0. The molecule has 1 aliphatic heterocycles. The number of hydrogen-bond donors (Lipinski definition) is 0. The van der Waals surface area contributed by atoms with Crippen molar-refractivity contribution < 1.29 is 0 Å². The van der Waals surface area contributed by atoms with Crippen molar-refractivity contribution in [1.82, 2.24) is 0 Å². The third kappa shape index (κ3) is 3.88. The second-order valence-electron chi connectivity index (χ2n) is 11.8. The average molecular weight is 543 g/mol. The monoisotopic (exact) mass is 542 g/mol. The first-order chi connectivity index (χ1) is 20.0. The lowest BCUT2D eigenvalue weighted by molar-refractivity contribution is 0.646. The highest BCUT2D eigenvalue weighted by Crippen LogP contribution is 2.42. The largest absolute Gasteiger partial charge is 0.180 e. The lowest BCUT2D eigenvalue weighted by atomic mass is 9.74. The molecule has 7 rings (SSSR count). The summed E-state index contributed by atoms with van der Waals surface area (Å²) in [5.41, 5.74) is 9.06. The van der Waals surface area contributed by atoms with E-state index >= 15 is 0 Å². The molecule has 0 radical (unpaired) electrons. The van der Waals surface area contributed by atoms with Gasteiger partial charge in [-0.15, -0.1) is 0 Å². The van der Waals surface area contributed by atoms with Crippen molar-refractivity contribution in [1.29, 1.82) is 0 Å². The van der Waals surface area contributed by atoms with Crippen molar-refractivity contribution in [3.63, 3.8) is 0 Å². The summed E-state index contributed by atoms with van der Waals surface area (Å²) in [6.45, 7) is 7.05. The van der Waals surface area contributed by atoms with Gasteiger partial charge in [-0.3, -0.25) is 0 Å². The topological polar surface area (TPSA) is 0 Å². The first-order valence-electron chi connectivity index (χ1n) is 14.5. The van der Waals surface area contributed by atoms with Crippen molar-refractivity contribution in [2.24, 2.45) is 0 Å². The third-order valence-corrected chi connectivity index (χ3v) is 14.0. The van der Waals surface area contributed by atoms with Crippen LogP contribution in [-0.4, -0.2) is 8.07 Å². The van der Waals surface area contributed by atoms with E-state index in [0.29, 0.717) is 0 Å². The van der Waals surface area contributed by atoms with E-state index in [1.54, 1.807) is 0 Å². The van der Waals surface area contributed by atoms with Gasteiger partial charge in [-0.25, -0.2) is 0 Å². The Kier molecular flexibility index (Phi) is 6.14. The van der Waals surface area contributed by atoms with E-state index in [-0.39, 0.29) is 5.41 Å². The Morgan fingerprint density at radius 2 is 0.927 bits per heavy atom. The Balaban J connectivity index is 1.77. The maximum Gasteiger partial charge on any atom is 0.180 e. The van der Waals surface area contributed by atoms with Crippen LogP contribution in [0.1, 0.15) is 30.5 Å². The molecule has 0 saturated carbocycles. The van der Waals surface area contributed by atoms with E-state index in [0.717, 1.165) is 0 Å². The van der Waals surface area contributed by atoms with Gasteiger partial charge in [0.25, 0.3) is 0 Å². The molecule has 6 aromatic rings. The normalized spacial score (nSPS) is 14.6. The van der Waals surface area contributed by atoms with Gasteiger partial charge in [0.15, 0.2) is 8.07 Å². The molecule has 0 saturated heterocycles. The minimum atomic E-state index is -2.81. The molecular formula is C40H34Si. The lowest BCUT2D eigenvalue weighted by Gasteiger charge is -2.41. The molecule has 6 aromatic carbocycles. The van der Waals surface area contributed by atoms with Gasteiger partial charge in [0.2, 0.25) is 0 Å². The fraction of sp³-hybridized carbons (Fsp3) is 0.100. The Bertz CT molecular complexity index is 1830. The van der Waals surface area contributed by atoms with Gasteiger partial charge in [-0.05, 0) is 61.1 Å². The zero-order chi connectivity index (χ0) is 28.0. The number of aryl methyl sites for hydroxylation is 1. The molecule has 0 aliphatic carbocycles. The SMILES string of the molecule is Cc1ccc2c(c1)-c1ccccc1C(C)(C)c1ccccc1[Si](c1ccccc1)(c1ccccc1)c1ccccc1-2. The average Bonchev–Trinajstić information content (AvgIpc) is 3.03. The number of benzene rings is 6. The van der Waals surface area contributed by atoms with E-state index in [1.165, 1.54) is 59.7 Å². The van der Waals surface area contributed by atoms with Crippen molar-refractivity contribution >= 4 is 28.8 Å². The molecular weight excluding hydrogens is 509 g/mol. The van der Waals surface area contributed by atoms with Crippen LogP contribution in [0.25, 0.3) is 22.3 Å². The van der Waals surface area contributed by atoms with Crippen LogP contribution in [0.4, 0.5) is 0 Å². The quantitative estimate of drug-likeness (QED) is 0.201. The maximum absolute atomic E-state index is 2.81. The molecule has 1 heterocycles. The molecule has 1 aliphatic rings. The summed E-state index contributed by atoms with van der Waals surface area (Å²) in [6.07, 6.45) is 0. The van der Waals surface area contributed by atoms with Gasteiger partial charge in [-0.2, -0.15) is 0 Å². The number of hydrogen-bond acceptors (Lipinski definition) is 0. The highest BCUT2D eigenvalue weighted by atomic mass is 28.3. The van der Waals surface area contributed by atoms with Crippen LogP contribution in [0.5, 0.6) is 0 Å². The summed E-state index contributed by atoms with van der Waals surface area (Å²) in [6, 6.07) is 57.3. The Hall–Kier alpha value is -4.46.